The quantitative estimate of drug-likeness (QED) is 0.575. The molecule has 0 N–H and O–H groups in total. The summed E-state index contributed by atoms with van der Waals surface area (Å²) >= 11 is 0. The molecule has 0 aromatic carbocycles. The maximum Gasteiger partial charge on any atom is 0.311 e. The van der Waals surface area contributed by atoms with Crippen LogP contribution in [0.25, 0.3) is 0 Å². The number of hydrogen-bond acceptors (Lipinski definition) is 7. The highest BCUT2D eigenvalue weighted by Crippen LogP contribution is 2.29. The number of nitrogens with zero attached hydrogens (tertiary/aromatic N) is 5. The molecule has 1 aliphatic rings. The van der Waals surface area contributed by atoms with Crippen LogP contribution in [0.1, 0.15) is 29.4 Å². The van der Waals surface area contributed by atoms with E-state index in [0.29, 0.717) is 13.0 Å². The molecule has 0 saturated carbocycles. The Kier molecular flexibility index (Phi) is 4.70. The highest BCUT2D eigenvalue weighted by atomic mass is 32.2. The summed E-state index contributed by atoms with van der Waals surface area (Å²) in [6, 6.07) is 2.80. The van der Waals surface area contributed by atoms with Crippen LogP contribution in [0.2, 0.25) is 0 Å². The first-order valence-electron chi connectivity index (χ1n) is 8.25. The summed E-state index contributed by atoms with van der Waals surface area (Å²) in [5.41, 5.74) is 2.54. The van der Waals surface area contributed by atoms with E-state index >= 15 is 0 Å². The molecule has 0 aliphatic carbocycles. The van der Waals surface area contributed by atoms with E-state index in [1.54, 1.807) is 16.6 Å². The molecule has 0 bridgehead atoms. The zero-order valence-corrected chi connectivity index (χ0v) is 15.7. The predicted octanol–water partition coefficient (Wildman–Crippen LogP) is 1.80. The van der Waals surface area contributed by atoms with Crippen molar-refractivity contribution in [1.29, 1.82) is 0 Å². The van der Waals surface area contributed by atoms with Crippen molar-refractivity contribution in [2.24, 2.45) is 0 Å². The van der Waals surface area contributed by atoms with E-state index in [-0.39, 0.29) is 29.1 Å². The van der Waals surface area contributed by atoms with E-state index in [0.717, 1.165) is 17.0 Å². The number of aryl methyl sites for hydroxylation is 1. The molecule has 26 heavy (non-hydrogen) atoms. The number of aromatic nitrogens is 3. The van der Waals surface area contributed by atoms with Crippen LogP contribution in [-0.2, 0) is 16.4 Å². The zero-order chi connectivity index (χ0) is 19.1. The Labute approximate surface area is 151 Å². The molecular weight excluding hydrogens is 358 g/mol. The molecule has 1 aliphatic heterocycles. The van der Waals surface area contributed by atoms with Gasteiger partial charge >= 0.3 is 5.69 Å². The van der Waals surface area contributed by atoms with Gasteiger partial charge in [-0.05, 0) is 26.3 Å². The van der Waals surface area contributed by atoms with Crippen LogP contribution in [0, 0.1) is 24.0 Å². The molecule has 2 aromatic rings. The SMILES string of the molecule is Cc1nn(C2CCS(=O)(=O)C2)c(C)c1CN(C)c1ncccc1[N+](=O)[O-]. The van der Waals surface area contributed by atoms with Gasteiger partial charge in [0.15, 0.2) is 9.84 Å². The standard InChI is InChI=1S/C16H21N5O4S/c1-11-14(9-19(3)16-15(21(22)23)5-4-7-17-16)12(2)20(18-11)13-6-8-26(24,25)10-13/h4-5,7,13H,6,8-10H2,1-3H3. The molecule has 140 valence electrons. The number of hydrogen-bond donors (Lipinski definition) is 0. The summed E-state index contributed by atoms with van der Waals surface area (Å²) < 4.78 is 25.3. The molecule has 0 radical (unpaired) electrons. The van der Waals surface area contributed by atoms with E-state index < -0.39 is 14.8 Å². The second-order valence-electron chi connectivity index (χ2n) is 6.61. The van der Waals surface area contributed by atoms with Crippen LogP contribution in [0.15, 0.2) is 18.3 Å². The lowest BCUT2D eigenvalue weighted by Gasteiger charge is -2.18. The topological polar surface area (TPSA) is 111 Å². The Morgan fingerprint density at radius 2 is 2.15 bits per heavy atom. The Hall–Kier alpha value is -2.49. The van der Waals surface area contributed by atoms with E-state index in [2.05, 4.69) is 10.1 Å². The predicted molar refractivity (Wildman–Crippen MR) is 97.0 cm³/mol. The summed E-state index contributed by atoms with van der Waals surface area (Å²) in [7, 11) is -1.26. The smallest absolute Gasteiger partial charge is 0.311 e. The van der Waals surface area contributed by atoms with Crippen molar-refractivity contribution in [3.8, 4) is 0 Å². The van der Waals surface area contributed by atoms with Crippen molar-refractivity contribution >= 4 is 21.3 Å². The van der Waals surface area contributed by atoms with Gasteiger partial charge in [-0.25, -0.2) is 13.4 Å². The number of pyridine rings is 1. The lowest BCUT2D eigenvalue weighted by atomic mass is 10.1. The summed E-state index contributed by atoms with van der Waals surface area (Å²) in [5, 5.41) is 15.8. The van der Waals surface area contributed by atoms with Crippen molar-refractivity contribution < 1.29 is 13.3 Å². The minimum Gasteiger partial charge on any atom is -0.349 e. The fourth-order valence-electron chi connectivity index (χ4n) is 3.39. The highest BCUT2D eigenvalue weighted by molar-refractivity contribution is 7.91. The molecule has 3 heterocycles. The lowest BCUT2D eigenvalue weighted by molar-refractivity contribution is -0.384. The Morgan fingerprint density at radius 3 is 2.77 bits per heavy atom. The first kappa shape index (κ1) is 18.3. The largest absolute Gasteiger partial charge is 0.349 e. The molecule has 0 spiro atoms. The van der Waals surface area contributed by atoms with E-state index in [1.807, 2.05) is 13.8 Å². The van der Waals surface area contributed by atoms with Gasteiger partial charge in [-0.1, -0.05) is 0 Å². The second-order valence-corrected chi connectivity index (χ2v) is 8.84. The Morgan fingerprint density at radius 1 is 1.42 bits per heavy atom. The van der Waals surface area contributed by atoms with E-state index in [1.165, 1.54) is 18.3 Å². The van der Waals surface area contributed by atoms with Gasteiger partial charge < -0.3 is 4.90 Å². The van der Waals surface area contributed by atoms with Gasteiger partial charge in [0.2, 0.25) is 5.82 Å². The van der Waals surface area contributed by atoms with Gasteiger partial charge in [-0.3, -0.25) is 14.8 Å². The Bertz CT molecular complexity index is 954. The van der Waals surface area contributed by atoms with Crippen molar-refractivity contribution in [1.82, 2.24) is 14.8 Å². The van der Waals surface area contributed by atoms with Gasteiger partial charge in [0.25, 0.3) is 0 Å². The van der Waals surface area contributed by atoms with Crippen LogP contribution < -0.4 is 4.90 Å². The van der Waals surface area contributed by atoms with Gasteiger partial charge in [0.05, 0.1) is 28.2 Å². The third kappa shape index (κ3) is 3.41. The average Bonchev–Trinajstić information content (AvgIpc) is 3.08. The third-order valence-corrected chi connectivity index (χ3v) is 6.50. The number of anilines is 1. The molecule has 3 rings (SSSR count). The van der Waals surface area contributed by atoms with Crippen molar-refractivity contribution in [2.75, 3.05) is 23.5 Å². The fourth-order valence-corrected chi connectivity index (χ4v) is 5.08. The van der Waals surface area contributed by atoms with Gasteiger partial charge in [0.1, 0.15) is 0 Å². The Balaban J connectivity index is 1.88. The van der Waals surface area contributed by atoms with Crippen LogP contribution in [0.5, 0.6) is 0 Å². The van der Waals surface area contributed by atoms with Gasteiger partial charge in [-0.2, -0.15) is 5.10 Å². The van der Waals surface area contributed by atoms with E-state index in [4.69, 9.17) is 0 Å². The summed E-state index contributed by atoms with van der Waals surface area (Å²) in [4.78, 5) is 16.6. The maximum atomic E-state index is 11.8. The van der Waals surface area contributed by atoms with Crippen molar-refractivity contribution in [3.05, 3.63) is 45.4 Å². The lowest BCUT2D eigenvalue weighted by Crippen LogP contribution is -2.20. The molecule has 1 atom stereocenters. The first-order chi connectivity index (χ1) is 12.2. The van der Waals surface area contributed by atoms with Crippen LogP contribution in [0.4, 0.5) is 11.5 Å². The number of sulfone groups is 1. The van der Waals surface area contributed by atoms with Crippen molar-refractivity contribution in [2.45, 2.75) is 32.9 Å². The third-order valence-electron chi connectivity index (χ3n) is 4.75. The fraction of sp³-hybridized carbons (Fsp3) is 0.500. The minimum absolute atomic E-state index is 0.0559. The second kappa shape index (κ2) is 6.67. The monoisotopic (exact) mass is 379 g/mol. The maximum absolute atomic E-state index is 11.8. The molecular formula is C16H21N5O4S. The molecule has 0 amide bonds. The average molecular weight is 379 g/mol. The van der Waals surface area contributed by atoms with Crippen LogP contribution >= 0.6 is 0 Å². The normalized spacial score (nSPS) is 18.8. The molecule has 2 aromatic heterocycles. The molecule has 1 unspecified atom stereocenters. The van der Waals surface area contributed by atoms with Crippen LogP contribution in [0.3, 0.4) is 0 Å². The number of rotatable bonds is 5. The van der Waals surface area contributed by atoms with Crippen molar-refractivity contribution in [3.63, 3.8) is 0 Å². The minimum atomic E-state index is -3.00. The summed E-state index contributed by atoms with van der Waals surface area (Å²) in [6.07, 6.45) is 2.08. The summed E-state index contributed by atoms with van der Waals surface area (Å²) in [5.74, 6) is 0.578. The highest BCUT2D eigenvalue weighted by Gasteiger charge is 2.31. The zero-order valence-electron chi connectivity index (χ0n) is 14.9. The van der Waals surface area contributed by atoms with Crippen LogP contribution in [-0.4, -0.2) is 46.7 Å². The molecule has 1 saturated heterocycles. The molecule has 1 fully saturated rings. The molecule has 10 heteroatoms. The first-order valence-corrected chi connectivity index (χ1v) is 10.1. The van der Waals surface area contributed by atoms with Gasteiger partial charge in [-0.15, -0.1) is 0 Å². The number of nitro groups is 1. The summed E-state index contributed by atoms with van der Waals surface area (Å²) in [6.45, 7) is 4.17. The van der Waals surface area contributed by atoms with Gasteiger partial charge in [0, 0.05) is 37.1 Å². The van der Waals surface area contributed by atoms with E-state index in [9.17, 15) is 18.5 Å². The molecule has 9 nitrogen and oxygen atoms in total.